The van der Waals surface area contributed by atoms with Gasteiger partial charge in [0.2, 0.25) is 0 Å². The SMILES string of the molecule is Fc1cc(Br)cc(F)c1NCCc1cccnc1. The Morgan fingerprint density at radius 3 is 2.56 bits per heavy atom. The summed E-state index contributed by atoms with van der Waals surface area (Å²) in [6, 6.07) is 6.21. The molecule has 94 valence electrons. The second-order valence-electron chi connectivity index (χ2n) is 3.78. The number of hydrogen-bond donors (Lipinski definition) is 1. The van der Waals surface area contributed by atoms with Gasteiger partial charge in [-0.25, -0.2) is 8.78 Å². The molecule has 0 atom stereocenters. The average molecular weight is 313 g/mol. The summed E-state index contributed by atoms with van der Waals surface area (Å²) < 4.78 is 27.4. The molecule has 1 N–H and O–H groups in total. The third kappa shape index (κ3) is 3.26. The van der Waals surface area contributed by atoms with Crippen LogP contribution in [0.15, 0.2) is 41.1 Å². The predicted octanol–water partition coefficient (Wildman–Crippen LogP) is 3.78. The molecule has 1 heterocycles. The first-order valence-corrected chi connectivity index (χ1v) is 6.23. The normalized spacial score (nSPS) is 10.4. The van der Waals surface area contributed by atoms with E-state index in [4.69, 9.17) is 0 Å². The standard InChI is InChI=1S/C13H11BrF2N2/c14-10-6-11(15)13(12(16)7-10)18-5-3-9-2-1-4-17-8-9/h1-2,4,6-8,18H,3,5H2. The molecule has 0 saturated carbocycles. The van der Waals surface area contributed by atoms with Gasteiger partial charge in [0.1, 0.15) is 17.3 Å². The highest BCUT2D eigenvalue weighted by Gasteiger charge is 2.09. The third-order valence-electron chi connectivity index (χ3n) is 2.45. The summed E-state index contributed by atoms with van der Waals surface area (Å²) in [6.45, 7) is 0.446. The van der Waals surface area contributed by atoms with Crippen molar-refractivity contribution >= 4 is 21.6 Å². The van der Waals surface area contributed by atoms with E-state index in [9.17, 15) is 8.78 Å². The van der Waals surface area contributed by atoms with Crippen molar-refractivity contribution < 1.29 is 8.78 Å². The smallest absolute Gasteiger partial charge is 0.150 e. The predicted molar refractivity (Wildman–Crippen MR) is 70.5 cm³/mol. The number of benzene rings is 1. The molecule has 0 spiro atoms. The summed E-state index contributed by atoms with van der Waals surface area (Å²) in [4.78, 5) is 3.97. The van der Waals surface area contributed by atoms with Crippen LogP contribution in [0.4, 0.5) is 14.5 Å². The molecule has 0 fully saturated rings. The van der Waals surface area contributed by atoms with Gasteiger partial charge in [-0.3, -0.25) is 4.98 Å². The van der Waals surface area contributed by atoms with Gasteiger partial charge in [0.15, 0.2) is 0 Å². The summed E-state index contributed by atoms with van der Waals surface area (Å²) in [7, 11) is 0. The lowest BCUT2D eigenvalue weighted by Gasteiger charge is -2.09. The lowest BCUT2D eigenvalue weighted by Crippen LogP contribution is -2.08. The highest BCUT2D eigenvalue weighted by molar-refractivity contribution is 9.10. The fourth-order valence-electron chi connectivity index (χ4n) is 1.59. The highest BCUT2D eigenvalue weighted by atomic mass is 79.9. The van der Waals surface area contributed by atoms with E-state index in [2.05, 4.69) is 26.2 Å². The van der Waals surface area contributed by atoms with E-state index >= 15 is 0 Å². The van der Waals surface area contributed by atoms with E-state index in [1.165, 1.54) is 12.1 Å². The van der Waals surface area contributed by atoms with E-state index in [0.717, 1.165) is 5.56 Å². The molecule has 2 nitrogen and oxygen atoms in total. The van der Waals surface area contributed by atoms with Crippen LogP contribution in [0.5, 0.6) is 0 Å². The van der Waals surface area contributed by atoms with Crippen LogP contribution in [0.3, 0.4) is 0 Å². The molecule has 0 aliphatic carbocycles. The number of pyridine rings is 1. The minimum absolute atomic E-state index is 0.0953. The Kier molecular flexibility index (Phi) is 4.25. The third-order valence-corrected chi connectivity index (χ3v) is 2.90. The number of aromatic nitrogens is 1. The van der Waals surface area contributed by atoms with Gasteiger partial charge in [-0.05, 0) is 30.2 Å². The first-order valence-electron chi connectivity index (χ1n) is 5.44. The summed E-state index contributed by atoms with van der Waals surface area (Å²) in [5.74, 6) is -1.21. The van der Waals surface area contributed by atoms with Crippen LogP contribution in [0.25, 0.3) is 0 Å². The van der Waals surface area contributed by atoms with Crippen molar-refractivity contribution in [2.24, 2.45) is 0 Å². The fraction of sp³-hybridized carbons (Fsp3) is 0.154. The fourth-order valence-corrected chi connectivity index (χ4v) is 1.99. The molecule has 0 saturated heterocycles. The lowest BCUT2D eigenvalue weighted by atomic mass is 10.2. The van der Waals surface area contributed by atoms with Crippen molar-refractivity contribution in [1.29, 1.82) is 0 Å². The number of hydrogen-bond acceptors (Lipinski definition) is 2. The van der Waals surface area contributed by atoms with Gasteiger partial charge in [0.05, 0.1) is 0 Å². The molecule has 2 rings (SSSR count). The largest absolute Gasteiger partial charge is 0.380 e. The second-order valence-corrected chi connectivity index (χ2v) is 4.70. The molecule has 0 radical (unpaired) electrons. The van der Waals surface area contributed by atoms with Gasteiger partial charge < -0.3 is 5.32 Å². The number of nitrogens with zero attached hydrogens (tertiary/aromatic N) is 1. The monoisotopic (exact) mass is 312 g/mol. The first kappa shape index (κ1) is 13.0. The van der Waals surface area contributed by atoms with E-state index in [0.29, 0.717) is 17.4 Å². The van der Waals surface area contributed by atoms with Gasteiger partial charge in [-0.2, -0.15) is 0 Å². The van der Waals surface area contributed by atoms with Crippen LogP contribution >= 0.6 is 15.9 Å². The van der Waals surface area contributed by atoms with E-state index < -0.39 is 11.6 Å². The van der Waals surface area contributed by atoms with Gasteiger partial charge in [0.25, 0.3) is 0 Å². The maximum atomic E-state index is 13.5. The molecule has 0 aliphatic heterocycles. The van der Waals surface area contributed by atoms with Crippen LogP contribution in [-0.4, -0.2) is 11.5 Å². The van der Waals surface area contributed by atoms with Crippen molar-refractivity contribution in [2.75, 3.05) is 11.9 Å². The zero-order chi connectivity index (χ0) is 13.0. The molecule has 5 heteroatoms. The molecular formula is C13H11BrF2N2. The Hall–Kier alpha value is -1.49. The minimum Gasteiger partial charge on any atom is -0.380 e. The van der Waals surface area contributed by atoms with Crippen molar-refractivity contribution in [3.05, 3.63) is 58.3 Å². The van der Waals surface area contributed by atoms with E-state index in [1.54, 1.807) is 12.4 Å². The van der Waals surface area contributed by atoms with Gasteiger partial charge in [-0.15, -0.1) is 0 Å². The maximum absolute atomic E-state index is 13.5. The van der Waals surface area contributed by atoms with Crippen molar-refractivity contribution in [2.45, 2.75) is 6.42 Å². The van der Waals surface area contributed by atoms with Crippen LogP contribution in [0, 0.1) is 11.6 Å². The summed E-state index contributed by atoms with van der Waals surface area (Å²) in [5, 5.41) is 2.76. The molecule has 1 aromatic heterocycles. The second kappa shape index (κ2) is 5.91. The average Bonchev–Trinajstić information content (AvgIpc) is 2.34. The van der Waals surface area contributed by atoms with Crippen LogP contribution in [-0.2, 0) is 6.42 Å². The summed E-state index contributed by atoms with van der Waals surface area (Å²) >= 11 is 3.04. The molecular weight excluding hydrogens is 302 g/mol. The Balaban J connectivity index is 1.99. The number of rotatable bonds is 4. The van der Waals surface area contributed by atoms with Crippen molar-refractivity contribution in [3.8, 4) is 0 Å². The van der Waals surface area contributed by atoms with Crippen molar-refractivity contribution in [1.82, 2.24) is 4.98 Å². The van der Waals surface area contributed by atoms with Crippen molar-refractivity contribution in [3.63, 3.8) is 0 Å². The number of anilines is 1. The van der Waals surface area contributed by atoms with Gasteiger partial charge in [-0.1, -0.05) is 22.0 Å². The lowest BCUT2D eigenvalue weighted by molar-refractivity contribution is 0.586. The summed E-state index contributed by atoms with van der Waals surface area (Å²) in [6.07, 6.45) is 4.07. The Labute approximate surface area is 112 Å². The molecule has 18 heavy (non-hydrogen) atoms. The Morgan fingerprint density at radius 1 is 1.22 bits per heavy atom. The topological polar surface area (TPSA) is 24.9 Å². The quantitative estimate of drug-likeness (QED) is 0.929. The molecule has 1 aromatic carbocycles. The molecule has 0 amide bonds. The van der Waals surface area contributed by atoms with Crippen LogP contribution in [0.1, 0.15) is 5.56 Å². The van der Waals surface area contributed by atoms with Crippen LogP contribution in [0.2, 0.25) is 0 Å². The zero-order valence-electron chi connectivity index (χ0n) is 9.46. The molecule has 0 aliphatic rings. The Morgan fingerprint density at radius 2 is 1.94 bits per heavy atom. The molecule has 0 bridgehead atoms. The van der Waals surface area contributed by atoms with Crippen LogP contribution < -0.4 is 5.32 Å². The zero-order valence-corrected chi connectivity index (χ0v) is 11.0. The molecule has 0 unspecified atom stereocenters. The van der Waals surface area contributed by atoms with Gasteiger partial charge in [0, 0.05) is 23.4 Å². The number of halogens is 3. The summed E-state index contributed by atoms with van der Waals surface area (Å²) in [5.41, 5.74) is 0.921. The highest BCUT2D eigenvalue weighted by Crippen LogP contribution is 2.23. The minimum atomic E-state index is -0.604. The number of nitrogens with one attached hydrogen (secondary N) is 1. The maximum Gasteiger partial charge on any atom is 0.150 e. The van der Waals surface area contributed by atoms with E-state index in [-0.39, 0.29) is 5.69 Å². The van der Waals surface area contributed by atoms with E-state index in [1.807, 2.05) is 12.1 Å². The molecule has 2 aromatic rings. The first-order chi connectivity index (χ1) is 8.66. The van der Waals surface area contributed by atoms with Gasteiger partial charge >= 0.3 is 0 Å². The Bertz CT molecular complexity index is 509.